The Kier molecular flexibility index (Phi) is 3.42. The van der Waals surface area contributed by atoms with E-state index in [9.17, 15) is 0 Å². The first-order valence-corrected chi connectivity index (χ1v) is 4.53. The Morgan fingerprint density at radius 3 is 2.75 bits per heavy atom. The highest BCUT2D eigenvalue weighted by Crippen LogP contribution is 2.18. The molecule has 1 aromatic rings. The molecule has 0 aliphatic heterocycles. The van der Waals surface area contributed by atoms with Gasteiger partial charge in [-0.05, 0) is 31.0 Å². The smallest absolute Gasteiger partial charge is 0.122 e. The number of ether oxygens (including phenoxy) is 1. The van der Waals surface area contributed by atoms with Crippen molar-refractivity contribution in [2.45, 2.75) is 13.8 Å². The van der Waals surface area contributed by atoms with Crippen molar-refractivity contribution in [3.05, 3.63) is 29.3 Å². The second-order valence-electron chi connectivity index (χ2n) is 2.81. The van der Waals surface area contributed by atoms with E-state index in [4.69, 9.17) is 16.3 Å². The molecule has 0 saturated heterocycles. The van der Waals surface area contributed by atoms with Crippen molar-refractivity contribution in [2.75, 3.05) is 12.5 Å². The summed E-state index contributed by atoms with van der Waals surface area (Å²) in [6.45, 7) is 4.65. The van der Waals surface area contributed by atoms with E-state index in [1.807, 2.05) is 19.9 Å². The number of benzene rings is 1. The van der Waals surface area contributed by atoms with Gasteiger partial charge in [0.25, 0.3) is 0 Å². The van der Waals surface area contributed by atoms with Crippen LogP contribution in [0.15, 0.2) is 18.2 Å². The second kappa shape index (κ2) is 4.36. The van der Waals surface area contributed by atoms with Crippen LogP contribution in [0, 0.1) is 13.8 Å². The number of hydrogen-bond donors (Lipinski definition) is 0. The van der Waals surface area contributed by atoms with Crippen LogP contribution in [0.5, 0.6) is 5.75 Å². The van der Waals surface area contributed by atoms with Crippen LogP contribution in [0.25, 0.3) is 0 Å². The van der Waals surface area contributed by atoms with E-state index in [-0.39, 0.29) is 0 Å². The van der Waals surface area contributed by atoms with E-state index in [2.05, 4.69) is 12.1 Å². The Hall–Kier alpha value is -0.690. The molecule has 0 spiro atoms. The van der Waals surface area contributed by atoms with E-state index in [1.165, 1.54) is 5.56 Å². The fourth-order valence-electron chi connectivity index (χ4n) is 1.01. The molecule has 0 bridgehead atoms. The predicted molar refractivity (Wildman–Crippen MR) is 52.1 cm³/mol. The van der Waals surface area contributed by atoms with Crippen LogP contribution in [0.3, 0.4) is 0 Å². The number of alkyl halides is 1. The van der Waals surface area contributed by atoms with Crippen molar-refractivity contribution in [2.24, 2.45) is 0 Å². The monoisotopic (exact) mass is 184 g/mol. The summed E-state index contributed by atoms with van der Waals surface area (Å²) in [4.78, 5) is 0. The minimum absolute atomic E-state index is 0.535. The van der Waals surface area contributed by atoms with E-state index in [1.54, 1.807) is 0 Å². The molecule has 0 N–H and O–H groups in total. The van der Waals surface area contributed by atoms with Gasteiger partial charge in [0.05, 0.1) is 5.88 Å². The van der Waals surface area contributed by atoms with Crippen LogP contribution in [-0.4, -0.2) is 12.5 Å². The molecule has 0 heterocycles. The summed E-state index contributed by atoms with van der Waals surface area (Å²) < 4.78 is 5.43. The molecule has 0 atom stereocenters. The topological polar surface area (TPSA) is 9.23 Å². The zero-order valence-corrected chi connectivity index (χ0v) is 8.19. The standard InChI is InChI=1S/C10H13ClO/c1-8-3-4-9(2)10(7-8)12-6-5-11/h3-4,7H,5-6H2,1-2H3. The Bertz CT molecular complexity index is 258. The van der Waals surface area contributed by atoms with Crippen molar-refractivity contribution in [3.8, 4) is 5.75 Å². The molecule has 0 unspecified atom stereocenters. The SMILES string of the molecule is Cc1ccc(C)c(OCCCl)c1. The van der Waals surface area contributed by atoms with Gasteiger partial charge in [0.1, 0.15) is 12.4 Å². The zero-order chi connectivity index (χ0) is 8.97. The van der Waals surface area contributed by atoms with Crippen LogP contribution < -0.4 is 4.74 Å². The third-order valence-corrected chi connectivity index (χ3v) is 1.83. The minimum atomic E-state index is 0.535. The van der Waals surface area contributed by atoms with Gasteiger partial charge in [-0.25, -0.2) is 0 Å². The Morgan fingerprint density at radius 2 is 2.08 bits per heavy atom. The average molecular weight is 185 g/mol. The molecular weight excluding hydrogens is 172 g/mol. The van der Waals surface area contributed by atoms with Gasteiger partial charge in [-0.3, -0.25) is 0 Å². The predicted octanol–water partition coefficient (Wildman–Crippen LogP) is 2.92. The summed E-state index contributed by atoms with van der Waals surface area (Å²) >= 11 is 5.52. The molecule has 1 rings (SSSR count). The van der Waals surface area contributed by atoms with E-state index in [0.717, 1.165) is 11.3 Å². The quantitative estimate of drug-likeness (QED) is 0.657. The Balaban J connectivity index is 2.75. The summed E-state index contributed by atoms with van der Waals surface area (Å²) in [7, 11) is 0. The lowest BCUT2D eigenvalue weighted by atomic mass is 10.1. The van der Waals surface area contributed by atoms with E-state index in [0.29, 0.717) is 12.5 Å². The highest BCUT2D eigenvalue weighted by Gasteiger charge is 1.97. The molecule has 12 heavy (non-hydrogen) atoms. The molecule has 0 aromatic heterocycles. The zero-order valence-electron chi connectivity index (χ0n) is 7.43. The summed E-state index contributed by atoms with van der Waals surface area (Å²) in [5.41, 5.74) is 2.37. The lowest BCUT2D eigenvalue weighted by Crippen LogP contribution is -1.99. The highest BCUT2D eigenvalue weighted by molar-refractivity contribution is 6.18. The van der Waals surface area contributed by atoms with Crippen LogP contribution in [0.4, 0.5) is 0 Å². The van der Waals surface area contributed by atoms with Gasteiger partial charge < -0.3 is 4.74 Å². The lowest BCUT2D eigenvalue weighted by molar-refractivity contribution is 0.340. The normalized spacial score (nSPS) is 9.92. The van der Waals surface area contributed by atoms with Gasteiger partial charge in [0.2, 0.25) is 0 Å². The second-order valence-corrected chi connectivity index (χ2v) is 3.18. The van der Waals surface area contributed by atoms with E-state index >= 15 is 0 Å². The Morgan fingerprint density at radius 1 is 1.33 bits per heavy atom. The maximum absolute atomic E-state index is 5.52. The summed E-state index contributed by atoms with van der Waals surface area (Å²) in [6, 6.07) is 6.16. The summed E-state index contributed by atoms with van der Waals surface area (Å²) in [6.07, 6.45) is 0. The largest absolute Gasteiger partial charge is 0.492 e. The molecule has 0 saturated carbocycles. The maximum Gasteiger partial charge on any atom is 0.122 e. The molecule has 66 valence electrons. The van der Waals surface area contributed by atoms with Crippen molar-refractivity contribution >= 4 is 11.6 Å². The van der Waals surface area contributed by atoms with Gasteiger partial charge in [-0.15, -0.1) is 11.6 Å². The molecule has 0 amide bonds. The number of aryl methyl sites for hydroxylation is 2. The van der Waals surface area contributed by atoms with Crippen LogP contribution in [-0.2, 0) is 0 Å². The van der Waals surface area contributed by atoms with Gasteiger partial charge >= 0.3 is 0 Å². The van der Waals surface area contributed by atoms with Crippen LogP contribution in [0.2, 0.25) is 0 Å². The number of halogens is 1. The van der Waals surface area contributed by atoms with Crippen molar-refractivity contribution < 1.29 is 4.74 Å². The fraction of sp³-hybridized carbons (Fsp3) is 0.400. The van der Waals surface area contributed by atoms with Crippen molar-refractivity contribution in [3.63, 3.8) is 0 Å². The van der Waals surface area contributed by atoms with Crippen LogP contribution >= 0.6 is 11.6 Å². The third-order valence-electron chi connectivity index (χ3n) is 1.68. The van der Waals surface area contributed by atoms with Crippen molar-refractivity contribution in [1.29, 1.82) is 0 Å². The lowest BCUT2D eigenvalue weighted by Gasteiger charge is -2.07. The average Bonchev–Trinajstić information content (AvgIpc) is 2.07. The van der Waals surface area contributed by atoms with Crippen molar-refractivity contribution in [1.82, 2.24) is 0 Å². The van der Waals surface area contributed by atoms with Gasteiger partial charge in [0, 0.05) is 0 Å². The number of hydrogen-bond acceptors (Lipinski definition) is 1. The molecule has 0 aliphatic rings. The molecule has 0 aliphatic carbocycles. The van der Waals surface area contributed by atoms with Crippen LogP contribution in [0.1, 0.15) is 11.1 Å². The number of rotatable bonds is 3. The fourth-order valence-corrected chi connectivity index (χ4v) is 1.09. The summed E-state index contributed by atoms with van der Waals surface area (Å²) in [5.74, 6) is 1.48. The molecule has 0 radical (unpaired) electrons. The first-order chi connectivity index (χ1) is 5.74. The maximum atomic E-state index is 5.52. The van der Waals surface area contributed by atoms with Gasteiger partial charge in [0.15, 0.2) is 0 Å². The highest BCUT2D eigenvalue weighted by atomic mass is 35.5. The molecule has 2 heteroatoms. The minimum Gasteiger partial charge on any atom is -0.492 e. The molecular formula is C10H13ClO. The first-order valence-electron chi connectivity index (χ1n) is 4.00. The summed E-state index contributed by atoms with van der Waals surface area (Å²) in [5, 5.41) is 0. The third kappa shape index (κ3) is 2.42. The Labute approximate surface area is 78.3 Å². The van der Waals surface area contributed by atoms with E-state index < -0.39 is 0 Å². The van der Waals surface area contributed by atoms with Gasteiger partial charge in [-0.2, -0.15) is 0 Å². The molecule has 1 nitrogen and oxygen atoms in total. The van der Waals surface area contributed by atoms with Gasteiger partial charge in [-0.1, -0.05) is 12.1 Å². The molecule has 0 fully saturated rings. The molecule has 1 aromatic carbocycles. The first kappa shape index (κ1) is 9.40.